The maximum absolute atomic E-state index is 9.86. The van der Waals surface area contributed by atoms with E-state index in [9.17, 15) is 5.11 Å². The van der Waals surface area contributed by atoms with Crippen molar-refractivity contribution in [1.82, 2.24) is 0 Å². The van der Waals surface area contributed by atoms with Crippen molar-refractivity contribution < 1.29 is 19.3 Å². The highest BCUT2D eigenvalue weighted by Crippen LogP contribution is 2.42. The predicted molar refractivity (Wildman–Crippen MR) is 149 cm³/mol. The zero-order valence-electron chi connectivity index (χ0n) is 22.5. The van der Waals surface area contributed by atoms with Gasteiger partial charge in [0.25, 0.3) is 0 Å². The van der Waals surface area contributed by atoms with Gasteiger partial charge in [-0.15, -0.1) is 0 Å². The van der Waals surface area contributed by atoms with Crippen LogP contribution in [0.25, 0.3) is 0 Å². The lowest BCUT2D eigenvalue weighted by molar-refractivity contribution is 0.243. The highest BCUT2D eigenvalue weighted by molar-refractivity contribution is 5.62. The van der Waals surface area contributed by atoms with Gasteiger partial charge in [0.2, 0.25) is 0 Å². The second-order valence-corrected chi connectivity index (χ2v) is 10.6. The first-order valence-electron chi connectivity index (χ1n) is 13.1. The monoisotopic (exact) mass is 504 g/mol. The summed E-state index contributed by atoms with van der Waals surface area (Å²) in [5.41, 5.74) is 11.8. The molecule has 0 heterocycles. The number of hydrogen-bond donors (Lipinski definition) is 3. The molecule has 4 N–H and O–H groups in total. The Morgan fingerprint density at radius 1 is 0.973 bits per heavy atom. The normalized spacial score (nSPS) is 15.1. The number of phenolic OH excluding ortho intramolecular Hbond substituents is 1. The van der Waals surface area contributed by atoms with Gasteiger partial charge in [-0.1, -0.05) is 18.2 Å². The summed E-state index contributed by atoms with van der Waals surface area (Å²) in [6, 6.07) is 18.2. The molecule has 0 saturated carbocycles. The summed E-state index contributed by atoms with van der Waals surface area (Å²) in [5.74, 6) is 3.03. The van der Waals surface area contributed by atoms with E-state index in [1.807, 2.05) is 32.0 Å². The van der Waals surface area contributed by atoms with Crippen molar-refractivity contribution in [3.8, 4) is 23.0 Å². The molecule has 0 radical (unpaired) electrons. The van der Waals surface area contributed by atoms with Crippen LogP contribution in [-0.4, -0.2) is 38.0 Å². The molecule has 1 atom stereocenters. The van der Waals surface area contributed by atoms with Crippen LogP contribution in [0, 0.1) is 0 Å². The maximum Gasteiger partial charge on any atom is 0.162 e. The molecule has 0 bridgehead atoms. The number of nitrogens with one attached hydrogen (secondary N) is 1. The predicted octanol–water partition coefficient (Wildman–Crippen LogP) is 5.84. The fourth-order valence-corrected chi connectivity index (χ4v) is 4.93. The number of benzene rings is 3. The maximum atomic E-state index is 9.86. The van der Waals surface area contributed by atoms with Gasteiger partial charge in [0.1, 0.15) is 18.1 Å². The van der Waals surface area contributed by atoms with Crippen molar-refractivity contribution in [2.75, 3.05) is 32.7 Å². The van der Waals surface area contributed by atoms with Crippen LogP contribution in [0.2, 0.25) is 0 Å². The van der Waals surface area contributed by atoms with E-state index < -0.39 is 0 Å². The number of nitrogens with two attached hydrogens (primary N) is 1. The average Bonchev–Trinajstić information content (AvgIpc) is 2.89. The Balaban J connectivity index is 1.41. The van der Waals surface area contributed by atoms with Crippen LogP contribution in [-0.2, 0) is 19.3 Å². The van der Waals surface area contributed by atoms with Gasteiger partial charge in [-0.25, -0.2) is 0 Å². The minimum absolute atomic E-state index is 0.340. The lowest BCUT2D eigenvalue weighted by Gasteiger charge is -2.28. The Morgan fingerprint density at radius 3 is 2.41 bits per heavy atom. The van der Waals surface area contributed by atoms with Crippen molar-refractivity contribution in [1.29, 1.82) is 0 Å². The lowest BCUT2D eigenvalue weighted by atomic mass is 9.79. The Labute approximate surface area is 220 Å². The van der Waals surface area contributed by atoms with E-state index in [0.29, 0.717) is 18.3 Å². The second kappa shape index (κ2) is 11.8. The zero-order chi connectivity index (χ0) is 26.4. The van der Waals surface area contributed by atoms with Gasteiger partial charge >= 0.3 is 0 Å². The number of fused-ring (bicyclic) bond motifs is 1. The van der Waals surface area contributed by atoms with Crippen molar-refractivity contribution >= 4 is 5.69 Å². The summed E-state index contributed by atoms with van der Waals surface area (Å²) in [5, 5.41) is 13.5. The SMILES string of the molecule is COc1cc(NCCCc2ccc(OCC(C)(C)N)cc2)c([C@@H]2CCc3cc(O)ccc3C2)cc1OC. The molecule has 0 aliphatic heterocycles. The number of hydrogen-bond acceptors (Lipinski definition) is 6. The summed E-state index contributed by atoms with van der Waals surface area (Å²) in [4.78, 5) is 0. The Morgan fingerprint density at radius 2 is 1.70 bits per heavy atom. The first kappa shape index (κ1) is 26.7. The number of ether oxygens (including phenoxy) is 3. The molecule has 0 unspecified atom stereocenters. The average molecular weight is 505 g/mol. The molecule has 37 heavy (non-hydrogen) atoms. The van der Waals surface area contributed by atoms with Gasteiger partial charge in [-0.05, 0) is 104 Å². The molecular formula is C31H40N2O4. The molecule has 0 aromatic heterocycles. The van der Waals surface area contributed by atoms with Crippen LogP contribution in [0.1, 0.15) is 54.9 Å². The zero-order valence-corrected chi connectivity index (χ0v) is 22.5. The van der Waals surface area contributed by atoms with Gasteiger partial charge in [0, 0.05) is 23.8 Å². The van der Waals surface area contributed by atoms with Crippen molar-refractivity contribution in [2.45, 2.75) is 57.4 Å². The van der Waals surface area contributed by atoms with Gasteiger partial charge in [-0.3, -0.25) is 0 Å². The van der Waals surface area contributed by atoms with E-state index in [2.05, 4.69) is 35.6 Å². The smallest absolute Gasteiger partial charge is 0.162 e. The van der Waals surface area contributed by atoms with Gasteiger partial charge < -0.3 is 30.4 Å². The second-order valence-electron chi connectivity index (χ2n) is 10.6. The van der Waals surface area contributed by atoms with Crippen LogP contribution < -0.4 is 25.3 Å². The largest absolute Gasteiger partial charge is 0.508 e. The Hall–Kier alpha value is -3.38. The summed E-state index contributed by atoms with van der Waals surface area (Å²) in [6.45, 7) is 5.24. The minimum Gasteiger partial charge on any atom is -0.508 e. The third kappa shape index (κ3) is 7.10. The molecule has 198 valence electrons. The highest BCUT2D eigenvalue weighted by Gasteiger charge is 2.24. The first-order chi connectivity index (χ1) is 17.8. The first-order valence-corrected chi connectivity index (χ1v) is 13.1. The van der Waals surface area contributed by atoms with E-state index >= 15 is 0 Å². The third-order valence-electron chi connectivity index (χ3n) is 6.91. The van der Waals surface area contributed by atoms with E-state index in [0.717, 1.165) is 61.6 Å². The molecular weight excluding hydrogens is 464 g/mol. The molecule has 0 fully saturated rings. The number of phenols is 1. The molecule has 4 rings (SSSR count). The number of rotatable bonds is 11. The van der Waals surface area contributed by atoms with Gasteiger partial charge in [0.05, 0.1) is 14.2 Å². The summed E-state index contributed by atoms with van der Waals surface area (Å²) in [7, 11) is 3.35. The van der Waals surface area contributed by atoms with Crippen molar-refractivity contribution in [3.63, 3.8) is 0 Å². The fraction of sp³-hybridized carbons (Fsp3) is 0.419. The Bertz CT molecular complexity index is 1190. The van der Waals surface area contributed by atoms with E-state index in [4.69, 9.17) is 19.9 Å². The molecule has 1 aliphatic carbocycles. The van der Waals surface area contributed by atoms with Crippen LogP contribution in [0.4, 0.5) is 5.69 Å². The van der Waals surface area contributed by atoms with E-state index in [1.165, 1.54) is 22.3 Å². The van der Waals surface area contributed by atoms with E-state index in [-0.39, 0.29) is 5.54 Å². The highest BCUT2D eigenvalue weighted by atomic mass is 16.5. The van der Waals surface area contributed by atoms with Crippen LogP contribution >= 0.6 is 0 Å². The summed E-state index contributed by atoms with van der Waals surface area (Å²) in [6.07, 6.45) is 4.88. The van der Waals surface area contributed by atoms with Crippen molar-refractivity contribution in [2.24, 2.45) is 5.73 Å². The van der Waals surface area contributed by atoms with E-state index in [1.54, 1.807) is 20.3 Å². The number of anilines is 1. The number of aromatic hydroxyl groups is 1. The number of aryl methyl sites for hydroxylation is 2. The summed E-state index contributed by atoms with van der Waals surface area (Å²) >= 11 is 0. The fourth-order valence-electron chi connectivity index (χ4n) is 4.93. The topological polar surface area (TPSA) is 86.0 Å². The van der Waals surface area contributed by atoms with Gasteiger partial charge in [0.15, 0.2) is 11.5 Å². The Kier molecular flexibility index (Phi) is 8.49. The molecule has 0 spiro atoms. The van der Waals surface area contributed by atoms with Crippen LogP contribution in [0.15, 0.2) is 54.6 Å². The molecule has 3 aromatic carbocycles. The molecule has 6 nitrogen and oxygen atoms in total. The van der Waals surface area contributed by atoms with Crippen LogP contribution in [0.3, 0.4) is 0 Å². The quantitative estimate of drug-likeness (QED) is 0.284. The molecule has 3 aromatic rings. The molecule has 0 saturated heterocycles. The standard InChI is InChI=1S/C31H40N2O4/c1-31(2,32)20-37-26-13-7-21(8-14-26)6-5-15-33-28-19-30(36-4)29(35-3)18-27(28)24-10-9-23-17-25(34)12-11-22(23)16-24/h7-8,11-14,17-19,24,33-34H,5-6,9-10,15-16,20,32H2,1-4H3/t24-/m1/s1. The number of methoxy groups -OCH3 is 2. The van der Waals surface area contributed by atoms with Crippen molar-refractivity contribution in [3.05, 3.63) is 76.9 Å². The minimum atomic E-state index is -0.350. The lowest BCUT2D eigenvalue weighted by Crippen LogP contribution is -2.38. The molecule has 6 heteroatoms. The van der Waals surface area contributed by atoms with Crippen LogP contribution in [0.5, 0.6) is 23.0 Å². The van der Waals surface area contributed by atoms with Gasteiger partial charge in [-0.2, -0.15) is 0 Å². The summed E-state index contributed by atoms with van der Waals surface area (Å²) < 4.78 is 17.0. The molecule has 0 amide bonds. The third-order valence-corrected chi connectivity index (χ3v) is 6.91. The molecule has 1 aliphatic rings.